The predicted molar refractivity (Wildman–Crippen MR) is 64.8 cm³/mol. The number of halogens is 2. The summed E-state index contributed by atoms with van der Waals surface area (Å²) >= 11 is 0. The van der Waals surface area contributed by atoms with Crippen molar-refractivity contribution in [3.05, 3.63) is 12.2 Å². The van der Waals surface area contributed by atoms with Crippen molar-refractivity contribution in [2.24, 2.45) is 0 Å². The molecule has 0 aromatic rings. The lowest BCUT2D eigenvalue weighted by Gasteiger charge is -2.16. The van der Waals surface area contributed by atoms with Crippen LogP contribution >= 0.6 is 0 Å². The van der Waals surface area contributed by atoms with E-state index in [1.807, 2.05) is 0 Å². The number of carbonyl (C=O) groups excluding carboxylic acids is 1. The van der Waals surface area contributed by atoms with E-state index in [9.17, 15) is 22.0 Å². The van der Waals surface area contributed by atoms with E-state index >= 15 is 0 Å². The van der Waals surface area contributed by atoms with E-state index in [4.69, 9.17) is 9.29 Å². The second kappa shape index (κ2) is 6.15. The van der Waals surface area contributed by atoms with Crippen LogP contribution in [0.15, 0.2) is 12.2 Å². The van der Waals surface area contributed by atoms with Crippen molar-refractivity contribution in [2.45, 2.75) is 43.6 Å². The third-order valence-corrected chi connectivity index (χ3v) is 3.55. The maximum atomic E-state index is 13.0. The van der Waals surface area contributed by atoms with Crippen LogP contribution in [0.4, 0.5) is 8.78 Å². The molecule has 0 saturated heterocycles. The van der Waals surface area contributed by atoms with Crippen LogP contribution in [0.25, 0.3) is 0 Å². The van der Waals surface area contributed by atoms with Gasteiger partial charge in [0.25, 0.3) is 0 Å². The predicted octanol–water partition coefficient (Wildman–Crippen LogP) is 1.52. The average molecular weight is 314 g/mol. The Morgan fingerprint density at radius 3 is 2.45 bits per heavy atom. The highest BCUT2D eigenvalue weighted by molar-refractivity contribution is 7.87. The second-order valence-electron chi connectivity index (χ2n) is 4.72. The van der Waals surface area contributed by atoms with Crippen molar-refractivity contribution in [3.8, 4) is 0 Å². The summed E-state index contributed by atoms with van der Waals surface area (Å²) in [5.74, 6) is -2.27. The summed E-state index contributed by atoms with van der Waals surface area (Å²) in [5, 5.41) is -4.95. The van der Waals surface area contributed by atoms with Crippen molar-refractivity contribution < 1.29 is 36.0 Å². The molecule has 1 saturated carbocycles. The topological polar surface area (TPSA) is 89.9 Å². The molecule has 0 spiro atoms. The lowest BCUT2D eigenvalue weighted by molar-refractivity contribution is -0.167. The first kappa shape index (κ1) is 17.0. The van der Waals surface area contributed by atoms with Crippen LogP contribution in [-0.2, 0) is 24.4 Å². The second-order valence-corrected chi connectivity index (χ2v) is 6.19. The molecule has 2 atom stereocenters. The molecular weight excluding hydrogens is 298 g/mol. The van der Waals surface area contributed by atoms with Crippen LogP contribution in [0.2, 0.25) is 0 Å². The fourth-order valence-corrected chi connectivity index (χ4v) is 2.00. The van der Waals surface area contributed by atoms with Gasteiger partial charge in [-0.3, -0.25) is 4.55 Å². The van der Waals surface area contributed by atoms with Gasteiger partial charge in [-0.2, -0.15) is 17.2 Å². The highest BCUT2D eigenvalue weighted by Crippen LogP contribution is 2.29. The SMILES string of the molecule is C=C(C)COC1CCC(OC(=O)C(F)(F)S(=O)(=O)O)C1. The van der Waals surface area contributed by atoms with Crippen LogP contribution < -0.4 is 0 Å². The maximum Gasteiger partial charge on any atom is 0.465 e. The number of esters is 1. The Kier molecular flexibility index (Phi) is 5.22. The zero-order valence-corrected chi connectivity index (χ0v) is 11.7. The summed E-state index contributed by atoms with van der Waals surface area (Å²) in [6, 6.07) is 0. The molecule has 1 rings (SSSR count). The van der Waals surface area contributed by atoms with Gasteiger partial charge in [-0.1, -0.05) is 12.2 Å². The van der Waals surface area contributed by atoms with Crippen molar-refractivity contribution >= 4 is 16.1 Å². The zero-order chi connectivity index (χ0) is 15.6. The van der Waals surface area contributed by atoms with Gasteiger partial charge in [-0.05, 0) is 19.8 Å². The van der Waals surface area contributed by atoms with Gasteiger partial charge >= 0.3 is 21.3 Å². The fraction of sp³-hybridized carbons (Fsp3) is 0.727. The fourth-order valence-electron chi connectivity index (χ4n) is 1.74. The first-order valence-electron chi connectivity index (χ1n) is 5.86. The normalized spacial score (nSPS) is 23.6. The van der Waals surface area contributed by atoms with Gasteiger partial charge in [-0.25, -0.2) is 4.79 Å². The Labute approximate surface area is 115 Å². The van der Waals surface area contributed by atoms with E-state index in [-0.39, 0.29) is 18.9 Å². The number of rotatable bonds is 6. The standard InChI is InChI=1S/C11H16F2O6S/c1-7(2)6-18-8-3-4-9(5-8)19-10(14)11(12,13)20(15,16)17/h8-9H,1,3-6H2,2H3,(H,15,16,17). The van der Waals surface area contributed by atoms with E-state index in [2.05, 4.69) is 11.3 Å². The van der Waals surface area contributed by atoms with Crippen LogP contribution in [0.3, 0.4) is 0 Å². The molecule has 0 radical (unpaired) electrons. The molecule has 0 amide bonds. The molecule has 0 heterocycles. The van der Waals surface area contributed by atoms with E-state index in [1.54, 1.807) is 6.92 Å². The number of alkyl halides is 2. The van der Waals surface area contributed by atoms with Crippen molar-refractivity contribution in [1.82, 2.24) is 0 Å². The third kappa shape index (κ3) is 4.22. The summed E-state index contributed by atoms with van der Waals surface area (Å²) in [6.07, 6.45) is -0.133. The first-order chi connectivity index (χ1) is 9.04. The van der Waals surface area contributed by atoms with Gasteiger partial charge in [0.1, 0.15) is 6.10 Å². The highest BCUT2D eigenvalue weighted by atomic mass is 32.2. The van der Waals surface area contributed by atoms with E-state index in [1.165, 1.54) is 0 Å². The van der Waals surface area contributed by atoms with Crippen LogP contribution in [-0.4, -0.2) is 43.0 Å². The lowest BCUT2D eigenvalue weighted by atomic mass is 10.3. The molecule has 6 nitrogen and oxygen atoms in total. The Bertz CT molecular complexity index is 487. The van der Waals surface area contributed by atoms with Gasteiger partial charge in [0.2, 0.25) is 0 Å². The number of hydrogen-bond donors (Lipinski definition) is 1. The van der Waals surface area contributed by atoms with Gasteiger partial charge in [-0.15, -0.1) is 0 Å². The van der Waals surface area contributed by atoms with E-state index < -0.39 is 27.4 Å². The molecule has 1 fully saturated rings. The molecule has 1 N–H and O–H groups in total. The third-order valence-electron chi connectivity index (χ3n) is 2.74. The number of ether oxygens (including phenoxy) is 2. The van der Waals surface area contributed by atoms with E-state index in [0.29, 0.717) is 13.0 Å². The summed E-state index contributed by atoms with van der Waals surface area (Å²) in [6.45, 7) is 5.71. The molecule has 0 bridgehead atoms. The molecule has 9 heteroatoms. The van der Waals surface area contributed by atoms with Gasteiger partial charge in [0, 0.05) is 6.42 Å². The summed E-state index contributed by atoms with van der Waals surface area (Å²) in [5.41, 5.74) is 0.795. The Hall–Kier alpha value is -1.06. The van der Waals surface area contributed by atoms with Gasteiger partial charge < -0.3 is 9.47 Å². The monoisotopic (exact) mass is 314 g/mol. The molecule has 0 aromatic carbocycles. The minimum absolute atomic E-state index is 0.195. The Morgan fingerprint density at radius 1 is 1.40 bits per heavy atom. The lowest BCUT2D eigenvalue weighted by Crippen LogP contribution is -2.40. The summed E-state index contributed by atoms with van der Waals surface area (Å²) < 4.78 is 64.8. The minimum atomic E-state index is -5.83. The molecular formula is C11H16F2O6S. The molecule has 0 aromatic heterocycles. The largest absolute Gasteiger partial charge is 0.465 e. The zero-order valence-electron chi connectivity index (χ0n) is 10.8. The molecule has 0 aliphatic heterocycles. The number of hydrogen-bond acceptors (Lipinski definition) is 5. The molecule has 20 heavy (non-hydrogen) atoms. The average Bonchev–Trinajstić information content (AvgIpc) is 2.72. The van der Waals surface area contributed by atoms with Crippen LogP contribution in [0.5, 0.6) is 0 Å². The van der Waals surface area contributed by atoms with E-state index in [0.717, 1.165) is 5.57 Å². The van der Waals surface area contributed by atoms with Gasteiger partial charge in [0.05, 0.1) is 12.7 Å². The summed E-state index contributed by atoms with van der Waals surface area (Å²) in [4.78, 5) is 11.1. The minimum Gasteiger partial charge on any atom is -0.457 e. The smallest absolute Gasteiger partial charge is 0.457 e. The van der Waals surface area contributed by atoms with Crippen molar-refractivity contribution in [3.63, 3.8) is 0 Å². The van der Waals surface area contributed by atoms with Gasteiger partial charge in [0.15, 0.2) is 0 Å². The van der Waals surface area contributed by atoms with Crippen LogP contribution in [0.1, 0.15) is 26.2 Å². The van der Waals surface area contributed by atoms with Crippen molar-refractivity contribution in [2.75, 3.05) is 6.61 Å². The molecule has 116 valence electrons. The molecule has 1 aliphatic carbocycles. The van der Waals surface area contributed by atoms with Crippen LogP contribution in [0, 0.1) is 0 Å². The number of carbonyl (C=O) groups is 1. The maximum absolute atomic E-state index is 13.0. The summed E-state index contributed by atoms with van der Waals surface area (Å²) in [7, 11) is -5.83. The first-order valence-corrected chi connectivity index (χ1v) is 7.30. The molecule has 2 unspecified atom stereocenters. The van der Waals surface area contributed by atoms with Crippen molar-refractivity contribution in [1.29, 1.82) is 0 Å². The highest BCUT2D eigenvalue weighted by Gasteiger charge is 2.55. The quantitative estimate of drug-likeness (QED) is 0.454. The Morgan fingerprint density at radius 2 is 1.95 bits per heavy atom. The molecule has 1 aliphatic rings. The Balaban J connectivity index is 2.51.